The van der Waals surface area contributed by atoms with E-state index in [-0.39, 0.29) is 0 Å². The van der Waals surface area contributed by atoms with Crippen LogP contribution in [0.15, 0.2) is 93.2 Å². The molecule has 2 aliphatic rings. The lowest BCUT2D eigenvalue weighted by Crippen LogP contribution is -2.24. The minimum absolute atomic E-state index is 0.399. The first kappa shape index (κ1) is 16.5. The van der Waals surface area contributed by atoms with Crippen molar-refractivity contribution in [2.45, 2.75) is 16.6 Å². The highest BCUT2D eigenvalue weighted by Crippen LogP contribution is 2.46. The highest BCUT2D eigenvalue weighted by atomic mass is 35.5. The van der Waals surface area contributed by atoms with Gasteiger partial charge in [0.1, 0.15) is 11.2 Å². The molecule has 4 aromatic rings. The molecule has 2 atom stereocenters. The van der Waals surface area contributed by atoms with Crippen LogP contribution in [0.3, 0.4) is 0 Å². The predicted octanol–water partition coefficient (Wildman–Crippen LogP) is 7.58. The van der Waals surface area contributed by atoms with Gasteiger partial charge in [0.05, 0.1) is 0 Å². The molecular formula is C25H17ClOS. The summed E-state index contributed by atoms with van der Waals surface area (Å²) in [6, 6.07) is 21.5. The molecule has 0 saturated carbocycles. The summed E-state index contributed by atoms with van der Waals surface area (Å²) in [6.07, 6.45) is 7.41. The number of halogens is 1. The largest absolute Gasteiger partial charge is 0.456 e. The smallest absolute Gasteiger partial charge is 0.136 e. The van der Waals surface area contributed by atoms with Crippen molar-refractivity contribution in [2.24, 2.45) is 5.92 Å². The third-order valence-electron chi connectivity index (χ3n) is 5.79. The third-order valence-corrected chi connectivity index (χ3v) is 7.59. The summed E-state index contributed by atoms with van der Waals surface area (Å²) >= 11 is 8.41. The van der Waals surface area contributed by atoms with E-state index in [1.807, 2.05) is 30.0 Å². The minimum Gasteiger partial charge on any atom is -0.456 e. The van der Waals surface area contributed by atoms with Crippen LogP contribution in [-0.2, 0) is 6.42 Å². The first-order valence-corrected chi connectivity index (χ1v) is 10.8. The second-order valence-electron chi connectivity index (χ2n) is 7.43. The molecule has 28 heavy (non-hydrogen) atoms. The maximum Gasteiger partial charge on any atom is 0.136 e. The first-order chi connectivity index (χ1) is 13.8. The van der Waals surface area contributed by atoms with Crippen LogP contribution in [0.25, 0.3) is 33.1 Å². The van der Waals surface area contributed by atoms with E-state index in [1.165, 1.54) is 32.4 Å². The number of hydrogen-bond donors (Lipinski definition) is 0. The average Bonchev–Trinajstić information content (AvgIpc) is 3.11. The van der Waals surface area contributed by atoms with Gasteiger partial charge in [-0.15, -0.1) is 11.8 Å². The van der Waals surface area contributed by atoms with Gasteiger partial charge in [-0.3, -0.25) is 0 Å². The Morgan fingerprint density at radius 3 is 2.82 bits per heavy atom. The molecule has 136 valence electrons. The molecular weight excluding hydrogens is 384 g/mol. The zero-order valence-corrected chi connectivity index (χ0v) is 16.6. The number of furan rings is 1. The maximum atomic E-state index is 6.48. The molecule has 0 spiro atoms. The number of rotatable bonds is 1. The summed E-state index contributed by atoms with van der Waals surface area (Å²) in [5, 5.41) is 3.76. The normalized spacial score (nSPS) is 20.8. The van der Waals surface area contributed by atoms with E-state index in [4.69, 9.17) is 16.0 Å². The van der Waals surface area contributed by atoms with E-state index < -0.39 is 0 Å². The van der Waals surface area contributed by atoms with Gasteiger partial charge < -0.3 is 4.42 Å². The van der Waals surface area contributed by atoms with Gasteiger partial charge in [0, 0.05) is 31.9 Å². The van der Waals surface area contributed by atoms with E-state index in [9.17, 15) is 0 Å². The van der Waals surface area contributed by atoms with E-state index in [1.54, 1.807) is 0 Å². The van der Waals surface area contributed by atoms with E-state index in [0.717, 1.165) is 22.6 Å². The SMILES string of the molecule is ClC1=CC=CC2Sc3cc(-c4cccc5oc6ccccc6c45)ccc3CC12. The van der Waals surface area contributed by atoms with Crippen LogP contribution in [0, 0.1) is 5.92 Å². The van der Waals surface area contributed by atoms with Gasteiger partial charge in [-0.25, -0.2) is 0 Å². The van der Waals surface area contributed by atoms with Crippen molar-refractivity contribution >= 4 is 45.3 Å². The second-order valence-corrected chi connectivity index (χ2v) is 9.09. The number of para-hydroxylation sites is 1. The summed E-state index contributed by atoms with van der Waals surface area (Å²) in [5.74, 6) is 0.399. The molecule has 1 aliphatic heterocycles. The maximum absolute atomic E-state index is 6.48. The monoisotopic (exact) mass is 400 g/mol. The van der Waals surface area contributed by atoms with Crippen LogP contribution in [-0.4, -0.2) is 5.25 Å². The summed E-state index contributed by atoms with van der Waals surface area (Å²) in [7, 11) is 0. The Kier molecular flexibility index (Phi) is 3.72. The molecule has 0 N–H and O–H groups in total. The fourth-order valence-electron chi connectivity index (χ4n) is 4.41. The Balaban J connectivity index is 1.51. The fraction of sp³-hybridized carbons (Fsp3) is 0.120. The van der Waals surface area contributed by atoms with Gasteiger partial charge in [0.2, 0.25) is 0 Å². The van der Waals surface area contributed by atoms with Gasteiger partial charge >= 0.3 is 0 Å². The Bertz CT molecular complexity index is 1300. The molecule has 0 bridgehead atoms. The van der Waals surface area contributed by atoms with E-state index in [0.29, 0.717) is 11.2 Å². The zero-order valence-electron chi connectivity index (χ0n) is 15.1. The van der Waals surface area contributed by atoms with E-state index >= 15 is 0 Å². The number of thioether (sulfide) groups is 1. The molecule has 2 heterocycles. The third kappa shape index (κ3) is 2.48. The molecule has 0 saturated heterocycles. The van der Waals surface area contributed by atoms with Crippen LogP contribution in [0.4, 0.5) is 0 Å². The number of hydrogen-bond acceptors (Lipinski definition) is 2. The number of benzene rings is 3. The molecule has 1 aliphatic carbocycles. The Morgan fingerprint density at radius 2 is 1.86 bits per heavy atom. The molecule has 3 heteroatoms. The van der Waals surface area contributed by atoms with Gasteiger partial charge in [0.15, 0.2) is 0 Å². The summed E-state index contributed by atoms with van der Waals surface area (Å²) in [5.41, 5.74) is 5.74. The Labute approximate surface area is 172 Å². The summed E-state index contributed by atoms with van der Waals surface area (Å²) < 4.78 is 6.07. The van der Waals surface area contributed by atoms with Crippen molar-refractivity contribution in [3.05, 3.63) is 89.5 Å². The Morgan fingerprint density at radius 1 is 0.964 bits per heavy atom. The number of fused-ring (bicyclic) bond motifs is 5. The van der Waals surface area contributed by atoms with Gasteiger partial charge in [0.25, 0.3) is 0 Å². The summed E-state index contributed by atoms with van der Waals surface area (Å²) in [6.45, 7) is 0. The molecule has 0 amide bonds. The van der Waals surface area contributed by atoms with Crippen LogP contribution in [0.1, 0.15) is 5.56 Å². The molecule has 3 aromatic carbocycles. The lowest BCUT2D eigenvalue weighted by Gasteiger charge is -2.32. The fourth-order valence-corrected chi connectivity index (χ4v) is 6.13. The van der Waals surface area contributed by atoms with Crippen LogP contribution in [0.5, 0.6) is 0 Å². The first-order valence-electron chi connectivity index (χ1n) is 9.52. The zero-order chi connectivity index (χ0) is 18.7. The second kappa shape index (κ2) is 6.30. The lowest BCUT2D eigenvalue weighted by molar-refractivity contribution is 0.634. The Hall–Kier alpha value is -2.42. The average molecular weight is 401 g/mol. The molecule has 1 nitrogen and oxygen atoms in total. The van der Waals surface area contributed by atoms with Crippen LogP contribution < -0.4 is 0 Å². The van der Waals surface area contributed by atoms with Gasteiger partial charge in [-0.2, -0.15) is 0 Å². The predicted molar refractivity (Wildman–Crippen MR) is 119 cm³/mol. The molecule has 6 rings (SSSR count). The highest BCUT2D eigenvalue weighted by molar-refractivity contribution is 8.00. The molecule has 2 unspecified atom stereocenters. The van der Waals surface area contributed by atoms with Gasteiger partial charge in [-0.1, -0.05) is 66.2 Å². The van der Waals surface area contributed by atoms with Crippen molar-refractivity contribution in [1.82, 2.24) is 0 Å². The van der Waals surface area contributed by atoms with E-state index in [2.05, 4.69) is 60.7 Å². The lowest BCUT2D eigenvalue weighted by atomic mass is 9.90. The van der Waals surface area contributed by atoms with Crippen LogP contribution in [0.2, 0.25) is 0 Å². The quantitative estimate of drug-likeness (QED) is 0.326. The van der Waals surface area contributed by atoms with Crippen LogP contribution >= 0.6 is 23.4 Å². The van der Waals surface area contributed by atoms with Crippen molar-refractivity contribution in [3.8, 4) is 11.1 Å². The topological polar surface area (TPSA) is 13.1 Å². The molecule has 0 radical (unpaired) electrons. The van der Waals surface area contributed by atoms with Crippen molar-refractivity contribution in [3.63, 3.8) is 0 Å². The summed E-state index contributed by atoms with van der Waals surface area (Å²) in [4.78, 5) is 1.36. The van der Waals surface area contributed by atoms with Crippen molar-refractivity contribution in [2.75, 3.05) is 0 Å². The van der Waals surface area contributed by atoms with Gasteiger partial charge in [-0.05, 0) is 47.4 Å². The minimum atomic E-state index is 0.399. The van der Waals surface area contributed by atoms with Crippen molar-refractivity contribution in [1.29, 1.82) is 0 Å². The molecule has 1 aromatic heterocycles. The molecule has 0 fully saturated rings. The van der Waals surface area contributed by atoms with Crippen molar-refractivity contribution < 1.29 is 4.42 Å². The highest BCUT2D eigenvalue weighted by Gasteiger charge is 2.31. The number of allylic oxidation sites excluding steroid dienone is 3. The standard InChI is InChI=1S/C25H17ClOS/c26-20-7-4-10-23-19(20)13-16-12-11-15(14-24(16)28-23)17-6-3-9-22-25(17)18-5-1-2-8-21(18)27-22/h1-12,14,19,23H,13H2.